The van der Waals surface area contributed by atoms with Crippen LogP contribution in [0, 0.1) is 0 Å². The van der Waals surface area contributed by atoms with Gasteiger partial charge in [0.15, 0.2) is 0 Å². The quantitative estimate of drug-likeness (QED) is 0.842. The van der Waals surface area contributed by atoms with E-state index in [0.29, 0.717) is 31.9 Å². The molecular formula is C19H23N3O4S. The number of carbonyl (C=O) groups is 1. The minimum Gasteiger partial charge on any atom is -0.379 e. The fourth-order valence-corrected chi connectivity index (χ4v) is 4.27. The molecule has 1 aromatic heterocycles. The van der Waals surface area contributed by atoms with Gasteiger partial charge in [0.1, 0.15) is 0 Å². The number of carbonyl (C=O) groups excluding carboxylic acids is 1. The van der Waals surface area contributed by atoms with Crippen molar-refractivity contribution in [3.63, 3.8) is 0 Å². The lowest BCUT2D eigenvalue weighted by Crippen LogP contribution is -2.41. The Kier molecular flexibility index (Phi) is 5.59. The van der Waals surface area contributed by atoms with Crippen molar-refractivity contribution < 1.29 is 17.9 Å². The number of ether oxygens (including phenoxy) is 1. The van der Waals surface area contributed by atoms with Crippen molar-refractivity contribution in [2.75, 3.05) is 26.3 Å². The smallest absolute Gasteiger partial charge is 0.252 e. The zero-order chi connectivity index (χ0) is 19.5. The van der Waals surface area contributed by atoms with Crippen LogP contribution in [0.1, 0.15) is 29.9 Å². The first-order valence-electron chi connectivity index (χ1n) is 8.73. The van der Waals surface area contributed by atoms with Crippen LogP contribution in [-0.2, 0) is 20.3 Å². The van der Waals surface area contributed by atoms with Crippen LogP contribution < -0.4 is 5.32 Å². The van der Waals surface area contributed by atoms with Crippen LogP contribution in [0.5, 0.6) is 0 Å². The van der Waals surface area contributed by atoms with E-state index in [-0.39, 0.29) is 10.8 Å². The molecule has 1 N–H and O–H groups in total. The molecule has 1 amide bonds. The third kappa shape index (κ3) is 4.35. The molecule has 3 rings (SSSR count). The van der Waals surface area contributed by atoms with Gasteiger partial charge in [-0.3, -0.25) is 9.78 Å². The lowest BCUT2D eigenvalue weighted by molar-refractivity contribution is 0.0730. The number of pyridine rings is 1. The van der Waals surface area contributed by atoms with Gasteiger partial charge in [0.05, 0.1) is 29.3 Å². The van der Waals surface area contributed by atoms with E-state index in [1.54, 1.807) is 6.20 Å². The van der Waals surface area contributed by atoms with Gasteiger partial charge < -0.3 is 10.1 Å². The van der Waals surface area contributed by atoms with E-state index in [1.165, 1.54) is 28.6 Å². The first-order chi connectivity index (χ1) is 12.8. The van der Waals surface area contributed by atoms with E-state index in [1.807, 2.05) is 32.0 Å². The maximum atomic E-state index is 12.6. The van der Waals surface area contributed by atoms with Gasteiger partial charge >= 0.3 is 0 Å². The summed E-state index contributed by atoms with van der Waals surface area (Å²) in [6, 6.07) is 11.5. The van der Waals surface area contributed by atoms with Gasteiger partial charge in [0.2, 0.25) is 10.0 Å². The molecule has 1 aromatic carbocycles. The van der Waals surface area contributed by atoms with E-state index >= 15 is 0 Å². The predicted octanol–water partition coefficient (Wildman–Crippen LogP) is 1.77. The van der Waals surface area contributed by atoms with Gasteiger partial charge in [0.25, 0.3) is 5.91 Å². The molecule has 0 aliphatic carbocycles. The van der Waals surface area contributed by atoms with E-state index in [4.69, 9.17) is 4.74 Å². The number of aromatic nitrogens is 1. The molecule has 1 saturated heterocycles. The van der Waals surface area contributed by atoms with Gasteiger partial charge in [-0.05, 0) is 50.2 Å². The van der Waals surface area contributed by atoms with Crippen LogP contribution in [0.25, 0.3) is 0 Å². The van der Waals surface area contributed by atoms with Crippen molar-refractivity contribution in [2.24, 2.45) is 0 Å². The van der Waals surface area contributed by atoms with Crippen LogP contribution >= 0.6 is 0 Å². The molecule has 0 unspecified atom stereocenters. The molecule has 0 radical (unpaired) electrons. The largest absolute Gasteiger partial charge is 0.379 e. The van der Waals surface area contributed by atoms with E-state index < -0.39 is 15.6 Å². The molecule has 2 heterocycles. The Bertz CT molecular complexity index is 890. The molecule has 1 aliphatic rings. The fourth-order valence-electron chi connectivity index (χ4n) is 2.87. The number of morpholine rings is 1. The summed E-state index contributed by atoms with van der Waals surface area (Å²) in [4.78, 5) is 17.0. The average molecular weight is 389 g/mol. The second kappa shape index (κ2) is 7.75. The normalized spacial score (nSPS) is 16.1. The summed E-state index contributed by atoms with van der Waals surface area (Å²) < 4.78 is 31.9. The number of nitrogens with one attached hydrogen (secondary N) is 1. The highest BCUT2D eigenvalue weighted by Gasteiger charge is 2.27. The van der Waals surface area contributed by atoms with Gasteiger partial charge in [-0.25, -0.2) is 8.42 Å². The molecule has 1 fully saturated rings. The maximum Gasteiger partial charge on any atom is 0.252 e. The number of hydrogen-bond donors (Lipinski definition) is 1. The molecule has 0 bridgehead atoms. The molecule has 1 aliphatic heterocycles. The summed E-state index contributed by atoms with van der Waals surface area (Å²) in [5, 5.41) is 2.93. The van der Waals surface area contributed by atoms with Crippen molar-refractivity contribution in [3.05, 3.63) is 59.9 Å². The molecular weight excluding hydrogens is 366 g/mol. The number of sulfonamides is 1. The first-order valence-corrected chi connectivity index (χ1v) is 10.2. The average Bonchev–Trinajstić information content (AvgIpc) is 2.69. The van der Waals surface area contributed by atoms with Gasteiger partial charge in [-0.15, -0.1) is 0 Å². The van der Waals surface area contributed by atoms with Gasteiger partial charge in [-0.1, -0.05) is 6.07 Å². The van der Waals surface area contributed by atoms with Crippen LogP contribution in [0.2, 0.25) is 0 Å². The Morgan fingerprint density at radius 3 is 2.37 bits per heavy atom. The first kappa shape index (κ1) is 19.5. The molecule has 0 saturated carbocycles. The Balaban J connectivity index is 1.74. The summed E-state index contributed by atoms with van der Waals surface area (Å²) in [6.45, 7) is 5.19. The Morgan fingerprint density at radius 2 is 1.78 bits per heavy atom. The second-order valence-corrected chi connectivity index (χ2v) is 8.77. The number of rotatable bonds is 5. The van der Waals surface area contributed by atoms with Crippen molar-refractivity contribution in [1.29, 1.82) is 0 Å². The van der Waals surface area contributed by atoms with Crippen LogP contribution in [-0.4, -0.2) is 49.9 Å². The SMILES string of the molecule is CC(C)(NC(=O)c1ccc(S(=O)(=O)N2CCOCC2)cc1)c1ccccn1. The topological polar surface area (TPSA) is 88.6 Å². The second-order valence-electron chi connectivity index (χ2n) is 6.83. The Labute approximate surface area is 159 Å². The molecule has 144 valence electrons. The third-order valence-corrected chi connectivity index (χ3v) is 6.37. The van der Waals surface area contributed by atoms with Crippen molar-refractivity contribution in [1.82, 2.24) is 14.6 Å². The summed E-state index contributed by atoms with van der Waals surface area (Å²) in [5.74, 6) is -0.291. The zero-order valence-electron chi connectivity index (χ0n) is 15.4. The summed E-state index contributed by atoms with van der Waals surface area (Å²) in [5.41, 5.74) is 0.474. The predicted molar refractivity (Wildman–Crippen MR) is 101 cm³/mol. The molecule has 7 nitrogen and oxygen atoms in total. The lowest BCUT2D eigenvalue weighted by Gasteiger charge is -2.26. The van der Waals surface area contributed by atoms with Crippen LogP contribution in [0.3, 0.4) is 0 Å². The summed E-state index contributed by atoms with van der Waals surface area (Å²) in [7, 11) is -3.57. The van der Waals surface area contributed by atoms with E-state index in [2.05, 4.69) is 10.3 Å². The highest BCUT2D eigenvalue weighted by atomic mass is 32.2. The number of nitrogens with zero attached hydrogens (tertiary/aromatic N) is 2. The van der Waals surface area contributed by atoms with Crippen molar-refractivity contribution >= 4 is 15.9 Å². The minimum atomic E-state index is -3.57. The molecule has 8 heteroatoms. The fraction of sp³-hybridized carbons (Fsp3) is 0.368. The van der Waals surface area contributed by atoms with E-state index in [9.17, 15) is 13.2 Å². The molecule has 27 heavy (non-hydrogen) atoms. The van der Waals surface area contributed by atoms with Gasteiger partial charge in [-0.2, -0.15) is 4.31 Å². The zero-order valence-corrected chi connectivity index (χ0v) is 16.2. The standard InChI is InChI=1S/C19H23N3O4S/c1-19(2,17-5-3-4-10-20-17)21-18(23)15-6-8-16(9-7-15)27(24,25)22-11-13-26-14-12-22/h3-10H,11-14H2,1-2H3,(H,21,23). The minimum absolute atomic E-state index is 0.171. The Morgan fingerprint density at radius 1 is 1.11 bits per heavy atom. The maximum absolute atomic E-state index is 12.6. The highest BCUT2D eigenvalue weighted by molar-refractivity contribution is 7.89. The van der Waals surface area contributed by atoms with Crippen LogP contribution in [0.15, 0.2) is 53.6 Å². The lowest BCUT2D eigenvalue weighted by atomic mass is 9.99. The number of benzene rings is 1. The van der Waals surface area contributed by atoms with Crippen molar-refractivity contribution in [3.8, 4) is 0 Å². The van der Waals surface area contributed by atoms with Crippen molar-refractivity contribution in [2.45, 2.75) is 24.3 Å². The summed E-state index contributed by atoms with van der Waals surface area (Å²) >= 11 is 0. The Hall–Kier alpha value is -2.29. The number of hydrogen-bond acceptors (Lipinski definition) is 5. The monoisotopic (exact) mass is 389 g/mol. The molecule has 0 spiro atoms. The third-order valence-electron chi connectivity index (χ3n) is 4.46. The van der Waals surface area contributed by atoms with Gasteiger partial charge in [0, 0.05) is 24.8 Å². The number of amides is 1. The molecule has 0 atom stereocenters. The highest BCUT2D eigenvalue weighted by Crippen LogP contribution is 2.20. The molecule has 2 aromatic rings. The summed E-state index contributed by atoms with van der Waals surface area (Å²) in [6.07, 6.45) is 1.68. The van der Waals surface area contributed by atoms with E-state index in [0.717, 1.165) is 5.69 Å². The van der Waals surface area contributed by atoms with Crippen LogP contribution in [0.4, 0.5) is 0 Å².